The zero-order valence-corrected chi connectivity index (χ0v) is 18.5. The summed E-state index contributed by atoms with van der Waals surface area (Å²) in [6.07, 6.45) is 7.03. The van der Waals surface area contributed by atoms with Gasteiger partial charge in [-0.05, 0) is 49.6 Å². The fourth-order valence-electron chi connectivity index (χ4n) is 4.12. The van der Waals surface area contributed by atoms with Gasteiger partial charge in [-0.2, -0.15) is 0 Å². The van der Waals surface area contributed by atoms with Crippen LogP contribution in [0.2, 0.25) is 5.02 Å². The summed E-state index contributed by atoms with van der Waals surface area (Å²) in [7, 11) is 0. The van der Waals surface area contributed by atoms with Gasteiger partial charge in [-0.3, -0.25) is 14.8 Å². The van der Waals surface area contributed by atoms with Gasteiger partial charge in [-0.25, -0.2) is 9.37 Å². The molecule has 1 saturated carbocycles. The Kier molecular flexibility index (Phi) is 5.51. The largest absolute Gasteiger partial charge is 0.352 e. The summed E-state index contributed by atoms with van der Waals surface area (Å²) in [4.78, 5) is 30.2. The van der Waals surface area contributed by atoms with Gasteiger partial charge in [0.05, 0.1) is 16.9 Å². The topological polar surface area (TPSA) is 62.2 Å². The molecule has 32 heavy (non-hydrogen) atoms. The van der Waals surface area contributed by atoms with E-state index in [-0.39, 0.29) is 17.6 Å². The minimum Gasteiger partial charge on any atom is -0.352 e. The van der Waals surface area contributed by atoms with E-state index >= 15 is 0 Å². The van der Waals surface area contributed by atoms with Crippen molar-refractivity contribution < 1.29 is 9.18 Å². The molecule has 1 aromatic carbocycles. The molecule has 2 aliphatic rings. The molecule has 0 bridgehead atoms. The fourth-order valence-corrected chi connectivity index (χ4v) is 4.33. The van der Waals surface area contributed by atoms with Gasteiger partial charge in [0.15, 0.2) is 0 Å². The van der Waals surface area contributed by atoms with Gasteiger partial charge in [0.25, 0.3) is 0 Å². The van der Waals surface area contributed by atoms with Crippen LogP contribution in [0.5, 0.6) is 0 Å². The van der Waals surface area contributed by atoms with Gasteiger partial charge in [-0.15, -0.1) is 0 Å². The summed E-state index contributed by atoms with van der Waals surface area (Å²) in [5, 5.41) is 0.472. The third kappa shape index (κ3) is 4.05. The van der Waals surface area contributed by atoms with Crippen LogP contribution in [0.1, 0.15) is 18.4 Å². The van der Waals surface area contributed by atoms with Crippen molar-refractivity contribution in [2.75, 3.05) is 31.1 Å². The van der Waals surface area contributed by atoms with Crippen LogP contribution in [-0.2, 0) is 4.79 Å². The smallest absolute Gasteiger partial charge is 0.225 e. The highest BCUT2D eigenvalue weighted by atomic mass is 35.5. The molecule has 2 aromatic heterocycles. The third-order valence-corrected chi connectivity index (χ3v) is 6.37. The molecule has 6 nitrogen and oxygen atoms in total. The maximum atomic E-state index is 13.7. The molecule has 1 aliphatic heterocycles. The van der Waals surface area contributed by atoms with Gasteiger partial charge >= 0.3 is 0 Å². The Bertz CT molecular complexity index is 1170. The van der Waals surface area contributed by atoms with Crippen LogP contribution in [0.25, 0.3) is 22.5 Å². The highest BCUT2D eigenvalue weighted by Crippen LogP contribution is 2.36. The number of pyridine rings is 1. The molecule has 3 heterocycles. The second kappa shape index (κ2) is 8.47. The first-order valence-corrected chi connectivity index (χ1v) is 11.2. The number of halogens is 2. The van der Waals surface area contributed by atoms with Crippen molar-refractivity contribution in [3.05, 3.63) is 59.3 Å². The van der Waals surface area contributed by atoms with E-state index in [1.807, 2.05) is 17.9 Å². The highest BCUT2D eigenvalue weighted by molar-refractivity contribution is 6.33. The Morgan fingerprint density at radius 3 is 2.53 bits per heavy atom. The molecule has 0 radical (unpaired) electrons. The Balaban J connectivity index is 1.50. The molecule has 0 N–H and O–H groups in total. The number of rotatable bonds is 4. The molecule has 2 fully saturated rings. The lowest BCUT2D eigenvalue weighted by atomic mass is 10.0. The van der Waals surface area contributed by atoms with Crippen molar-refractivity contribution in [2.24, 2.45) is 5.92 Å². The maximum absolute atomic E-state index is 13.7. The summed E-state index contributed by atoms with van der Waals surface area (Å²) in [6, 6.07) is 6.44. The number of aromatic nitrogens is 3. The van der Waals surface area contributed by atoms with E-state index < -0.39 is 0 Å². The Labute approximate surface area is 191 Å². The summed E-state index contributed by atoms with van der Waals surface area (Å²) in [5.41, 5.74) is 3.55. The van der Waals surface area contributed by atoms with Crippen molar-refractivity contribution in [1.82, 2.24) is 19.9 Å². The number of nitrogens with zero attached hydrogens (tertiary/aromatic N) is 5. The Morgan fingerprint density at radius 2 is 1.84 bits per heavy atom. The number of hydrogen-bond acceptors (Lipinski definition) is 5. The van der Waals surface area contributed by atoms with E-state index in [0.29, 0.717) is 42.6 Å². The quantitative estimate of drug-likeness (QED) is 0.589. The van der Waals surface area contributed by atoms with E-state index in [0.717, 1.165) is 35.3 Å². The summed E-state index contributed by atoms with van der Waals surface area (Å²) < 4.78 is 13.7. The first kappa shape index (κ1) is 20.8. The fraction of sp³-hybridized carbons (Fsp3) is 0.333. The minimum atomic E-state index is -0.294. The molecule has 1 saturated heterocycles. The zero-order valence-electron chi connectivity index (χ0n) is 17.8. The van der Waals surface area contributed by atoms with Crippen LogP contribution in [0, 0.1) is 18.7 Å². The van der Waals surface area contributed by atoms with Crippen molar-refractivity contribution >= 4 is 23.3 Å². The number of benzene rings is 1. The van der Waals surface area contributed by atoms with Crippen LogP contribution in [0.15, 0.2) is 42.9 Å². The van der Waals surface area contributed by atoms with Crippen molar-refractivity contribution in [2.45, 2.75) is 19.8 Å². The number of aryl methyl sites for hydroxylation is 1. The van der Waals surface area contributed by atoms with Gasteiger partial charge in [0, 0.05) is 55.6 Å². The minimum absolute atomic E-state index is 0.236. The van der Waals surface area contributed by atoms with Crippen molar-refractivity contribution in [1.29, 1.82) is 0 Å². The highest BCUT2D eigenvalue weighted by Gasteiger charge is 2.34. The second-order valence-electron chi connectivity index (χ2n) is 8.33. The van der Waals surface area contributed by atoms with E-state index in [9.17, 15) is 9.18 Å². The molecule has 0 spiro atoms. The number of carbonyl (C=O) groups excluding carboxylic acids is 1. The zero-order chi connectivity index (χ0) is 22.2. The van der Waals surface area contributed by atoms with Crippen LogP contribution in [-0.4, -0.2) is 51.9 Å². The maximum Gasteiger partial charge on any atom is 0.225 e. The number of carbonyl (C=O) groups is 1. The predicted octanol–water partition coefficient (Wildman–Crippen LogP) is 4.37. The summed E-state index contributed by atoms with van der Waals surface area (Å²) >= 11 is 6.46. The second-order valence-corrected chi connectivity index (χ2v) is 8.73. The van der Waals surface area contributed by atoms with Gasteiger partial charge < -0.3 is 9.80 Å². The number of piperazine rings is 1. The lowest BCUT2D eigenvalue weighted by Crippen LogP contribution is -2.49. The summed E-state index contributed by atoms with van der Waals surface area (Å²) in [6.45, 7) is 4.61. The molecule has 5 rings (SSSR count). The molecular formula is C24H23ClFN5O. The SMILES string of the molecule is Cc1cc(F)ccc1-c1ncc(N2CCN(C(=O)C3CC3)CC2)nc1-c1ccncc1Cl. The van der Waals surface area contributed by atoms with Crippen molar-refractivity contribution in [3.8, 4) is 22.5 Å². The lowest BCUT2D eigenvalue weighted by molar-refractivity contribution is -0.132. The summed E-state index contributed by atoms with van der Waals surface area (Å²) in [5.74, 6) is 0.954. The first-order chi connectivity index (χ1) is 15.5. The monoisotopic (exact) mass is 451 g/mol. The molecule has 0 atom stereocenters. The van der Waals surface area contributed by atoms with E-state index in [1.165, 1.54) is 12.1 Å². The third-order valence-electron chi connectivity index (χ3n) is 6.07. The van der Waals surface area contributed by atoms with Crippen LogP contribution in [0.4, 0.5) is 10.2 Å². The van der Waals surface area contributed by atoms with Crippen molar-refractivity contribution in [3.63, 3.8) is 0 Å². The van der Waals surface area contributed by atoms with Crippen LogP contribution in [0.3, 0.4) is 0 Å². The lowest BCUT2D eigenvalue weighted by Gasteiger charge is -2.35. The average molecular weight is 452 g/mol. The van der Waals surface area contributed by atoms with Gasteiger partial charge in [0.1, 0.15) is 17.3 Å². The standard InChI is InChI=1S/C24H23ClFN5O/c1-15-12-17(26)4-5-18(15)22-23(19-6-7-27-13-20(19)25)29-21(14-28-22)30-8-10-31(11-9-30)24(32)16-2-3-16/h4-7,12-14,16H,2-3,8-11H2,1H3. The number of anilines is 1. The van der Waals surface area contributed by atoms with E-state index in [1.54, 1.807) is 24.7 Å². The predicted molar refractivity (Wildman–Crippen MR) is 122 cm³/mol. The number of hydrogen-bond donors (Lipinski definition) is 0. The molecular weight excluding hydrogens is 429 g/mol. The molecule has 164 valence electrons. The molecule has 1 aliphatic carbocycles. The number of amides is 1. The Hall–Kier alpha value is -3.06. The van der Waals surface area contributed by atoms with Gasteiger partial charge in [0.2, 0.25) is 5.91 Å². The Morgan fingerprint density at radius 1 is 1.06 bits per heavy atom. The molecule has 1 amide bonds. The van der Waals surface area contributed by atoms with E-state index in [4.69, 9.17) is 21.6 Å². The normalized spacial score (nSPS) is 16.3. The van der Waals surface area contributed by atoms with Gasteiger partial charge in [-0.1, -0.05) is 11.6 Å². The van der Waals surface area contributed by atoms with Crippen LogP contribution >= 0.6 is 11.6 Å². The first-order valence-electron chi connectivity index (χ1n) is 10.8. The van der Waals surface area contributed by atoms with Crippen LogP contribution < -0.4 is 4.90 Å². The molecule has 0 unspecified atom stereocenters. The molecule has 3 aromatic rings. The molecule has 8 heteroatoms. The van der Waals surface area contributed by atoms with E-state index in [2.05, 4.69) is 9.88 Å². The average Bonchev–Trinajstić information content (AvgIpc) is 3.65.